The molecular formula is C22H30FN5O3S. The molecule has 1 heterocycles. The molecule has 0 aliphatic carbocycles. The number of sulfonamides is 1. The number of amides is 1. The summed E-state index contributed by atoms with van der Waals surface area (Å²) in [4.78, 5) is 16.2. The number of rotatable bonds is 8. The van der Waals surface area contributed by atoms with E-state index in [0.717, 1.165) is 44.4 Å². The van der Waals surface area contributed by atoms with Crippen LogP contribution in [0, 0.1) is 5.82 Å². The summed E-state index contributed by atoms with van der Waals surface area (Å²) in [6.45, 7) is 5.99. The Labute approximate surface area is 188 Å². The van der Waals surface area contributed by atoms with E-state index in [2.05, 4.69) is 16.8 Å². The lowest BCUT2D eigenvalue weighted by Crippen LogP contribution is -2.43. The van der Waals surface area contributed by atoms with Crippen LogP contribution in [0.5, 0.6) is 0 Å². The first kappa shape index (κ1) is 24.1. The molecular weight excluding hydrogens is 433 g/mol. The molecule has 0 radical (unpaired) electrons. The third-order valence-electron chi connectivity index (χ3n) is 5.66. The van der Waals surface area contributed by atoms with Crippen molar-refractivity contribution in [3.8, 4) is 0 Å². The number of nitrogen functional groups attached to an aromatic ring is 1. The minimum absolute atomic E-state index is 0.0628. The topological polar surface area (TPSA) is 99.0 Å². The molecule has 0 spiro atoms. The number of likely N-dealkylation sites (N-methyl/N-ethyl adjacent to an activating group) is 1. The molecule has 3 rings (SSSR count). The van der Waals surface area contributed by atoms with Gasteiger partial charge >= 0.3 is 0 Å². The van der Waals surface area contributed by atoms with Crippen molar-refractivity contribution in [3.63, 3.8) is 0 Å². The van der Waals surface area contributed by atoms with E-state index in [1.54, 1.807) is 13.0 Å². The molecule has 1 fully saturated rings. The second-order valence-electron chi connectivity index (χ2n) is 7.94. The number of hydrogen-bond acceptors (Lipinski definition) is 6. The number of nitrogens with one attached hydrogen (secondary N) is 1. The fraction of sp³-hybridized carbons (Fsp3) is 0.409. The van der Waals surface area contributed by atoms with Crippen LogP contribution in [0.15, 0.2) is 42.5 Å². The van der Waals surface area contributed by atoms with E-state index >= 15 is 0 Å². The van der Waals surface area contributed by atoms with Gasteiger partial charge in [0.1, 0.15) is 5.82 Å². The van der Waals surface area contributed by atoms with Crippen LogP contribution >= 0.6 is 0 Å². The highest BCUT2D eigenvalue weighted by Gasteiger charge is 2.23. The molecule has 8 nitrogen and oxygen atoms in total. The SMILES string of the molecule is CCS(=O)(=O)N(Cc1ccc(C(=O)NN)cc1F)c1cccc(CN2CCN(C)CC2)c1. The molecule has 1 amide bonds. The largest absolute Gasteiger partial charge is 0.304 e. The van der Waals surface area contributed by atoms with Crippen LogP contribution in [0.3, 0.4) is 0 Å². The van der Waals surface area contributed by atoms with Gasteiger partial charge in [0, 0.05) is 43.9 Å². The highest BCUT2D eigenvalue weighted by atomic mass is 32.2. The lowest BCUT2D eigenvalue weighted by molar-refractivity contribution is 0.0953. The summed E-state index contributed by atoms with van der Waals surface area (Å²) in [5.41, 5.74) is 3.67. The number of piperazine rings is 1. The number of nitrogens with two attached hydrogens (primary N) is 1. The van der Waals surface area contributed by atoms with Crippen LogP contribution in [0.2, 0.25) is 0 Å². The molecule has 1 saturated heterocycles. The first-order chi connectivity index (χ1) is 15.2. The summed E-state index contributed by atoms with van der Waals surface area (Å²) in [6, 6.07) is 11.2. The Hall–Kier alpha value is -2.53. The van der Waals surface area contributed by atoms with Gasteiger partial charge in [-0.05, 0) is 43.8 Å². The average molecular weight is 464 g/mol. The van der Waals surface area contributed by atoms with E-state index in [1.807, 2.05) is 23.6 Å². The number of benzene rings is 2. The highest BCUT2D eigenvalue weighted by Crippen LogP contribution is 2.25. The summed E-state index contributed by atoms with van der Waals surface area (Å²) in [5, 5.41) is 0. The zero-order chi connectivity index (χ0) is 23.3. The van der Waals surface area contributed by atoms with Gasteiger partial charge in [-0.1, -0.05) is 18.2 Å². The molecule has 2 aromatic carbocycles. The zero-order valence-electron chi connectivity index (χ0n) is 18.4. The molecule has 0 bridgehead atoms. The Morgan fingerprint density at radius 2 is 1.88 bits per heavy atom. The van der Waals surface area contributed by atoms with Crippen LogP contribution in [0.4, 0.5) is 10.1 Å². The summed E-state index contributed by atoms with van der Waals surface area (Å²) < 4.78 is 41.7. The van der Waals surface area contributed by atoms with Crippen molar-refractivity contribution in [1.29, 1.82) is 0 Å². The number of halogens is 1. The van der Waals surface area contributed by atoms with Gasteiger partial charge in [-0.3, -0.25) is 19.4 Å². The number of nitrogens with zero attached hydrogens (tertiary/aromatic N) is 3. The van der Waals surface area contributed by atoms with Crippen molar-refractivity contribution < 1.29 is 17.6 Å². The van der Waals surface area contributed by atoms with E-state index in [4.69, 9.17) is 5.84 Å². The Bertz CT molecular complexity index is 1060. The molecule has 32 heavy (non-hydrogen) atoms. The smallest absolute Gasteiger partial charge is 0.265 e. The standard InChI is InChI=1S/C22H30FN5O3S/c1-3-32(30,31)28(16-19-8-7-18(14-21(19)23)22(29)25-24)20-6-4-5-17(13-20)15-27-11-9-26(2)10-12-27/h4-8,13-14H,3,9-12,15-16,24H2,1-2H3,(H,25,29). The number of anilines is 1. The lowest BCUT2D eigenvalue weighted by Gasteiger charge is -2.32. The van der Waals surface area contributed by atoms with Crippen molar-refractivity contribution in [1.82, 2.24) is 15.2 Å². The zero-order valence-corrected chi connectivity index (χ0v) is 19.2. The minimum atomic E-state index is -3.67. The molecule has 0 unspecified atom stereocenters. The molecule has 10 heteroatoms. The summed E-state index contributed by atoms with van der Waals surface area (Å²) >= 11 is 0. The fourth-order valence-electron chi connectivity index (χ4n) is 3.64. The maximum Gasteiger partial charge on any atom is 0.265 e. The minimum Gasteiger partial charge on any atom is -0.304 e. The predicted molar refractivity (Wildman–Crippen MR) is 123 cm³/mol. The number of hydrogen-bond donors (Lipinski definition) is 2. The van der Waals surface area contributed by atoms with Crippen molar-refractivity contribution in [3.05, 3.63) is 65.0 Å². The van der Waals surface area contributed by atoms with Crippen LogP contribution < -0.4 is 15.6 Å². The number of hydrazine groups is 1. The van der Waals surface area contributed by atoms with E-state index < -0.39 is 21.7 Å². The van der Waals surface area contributed by atoms with Gasteiger partial charge < -0.3 is 4.90 Å². The van der Waals surface area contributed by atoms with Gasteiger partial charge in [-0.15, -0.1) is 0 Å². The second kappa shape index (κ2) is 10.4. The second-order valence-corrected chi connectivity index (χ2v) is 10.1. The molecule has 1 aliphatic heterocycles. The first-order valence-corrected chi connectivity index (χ1v) is 12.1. The maximum absolute atomic E-state index is 14.7. The van der Waals surface area contributed by atoms with Gasteiger partial charge in [0.25, 0.3) is 5.91 Å². The maximum atomic E-state index is 14.7. The molecule has 174 valence electrons. The van der Waals surface area contributed by atoms with Crippen LogP contribution in [-0.4, -0.2) is 63.1 Å². The Kier molecular flexibility index (Phi) is 7.83. The monoisotopic (exact) mass is 463 g/mol. The lowest BCUT2D eigenvalue weighted by atomic mass is 10.1. The normalized spacial score (nSPS) is 15.5. The van der Waals surface area contributed by atoms with E-state index in [1.165, 1.54) is 16.4 Å². The summed E-state index contributed by atoms with van der Waals surface area (Å²) in [6.07, 6.45) is 0. The van der Waals surface area contributed by atoms with Gasteiger partial charge in [0.05, 0.1) is 18.0 Å². The van der Waals surface area contributed by atoms with Crippen molar-refractivity contribution in [2.45, 2.75) is 20.0 Å². The van der Waals surface area contributed by atoms with Crippen LogP contribution in [0.1, 0.15) is 28.4 Å². The molecule has 2 aromatic rings. The average Bonchev–Trinajstić information content (AvgIpc) is 2.79. The third-order valence-corrected chi connectivity index (χ3v) is 7.40. The van der Waals surface area contributed by atoms with E-state index in [0.29, 0.717) is 5.69 Å². The summed E-state index contributed by atoms with van der Waals surface area (Å²) in [7, 11) is -1.57. The molecule has 0 aromatic heterocycles. The quantitative estimate of drug-likeness (QED) is 0.350. The van der Waals surface area contributed by atoms with Crippen molar-refractivity contribution >= 4 is 21.6 Å². The van der Waals surface area contributed by atoms with Gasteiger partial charge in [-0.2, -0.15) is 0 Å². The number of carbonyl (C=O) groups is 1. The Morgan fingerprint density at radius 1 is 1.16 bits per heavy atom. The van der Waals surface area contributed by atoms with Gasteiger partial charge in [0.2, 0.25) is 10.0 Å². The molecule has 3 N–H and O–H groups in total. The fourth-order valence-corrected chi connectivity index (χ4v) is 4.72. The van der Waals surface area contributed by atoms with Gasteiger partial charge in [0.15, 0.2) is 0 Å². The molecule has 1 aliphatic rings. The van der Waals surface area contributed by atoms with Gasteiger partial charge in [-0.25, -0.2) is 18.7 Å². The molecule has 0 atom stereocenters. The number of carbonyl (C=O) groups excluding carboxylic acids is 1. The highest BCUT2D eigenvalue weighted by molar-refractivity contribution is 7.92. The summed E-state index contributed by atoms with van der Waals surface area (Å²) in [5.74, 6) is 3.69. The van der Waals surface area contributed by atoms with Crippen molar-refractivity contribution in [2.24, 2.45) is 5.84 Å². The third kappa shape index (κ3) is 5.83. The Morgan fingerprint density at radius 3 is 2.50 bits per heavy atom. The van der Waals surface area contributed by atoms with Crippen LogP contribution in [-0.2, 0) is 23.1 Å². The first-order valence-electron chi connectivity index (χ1n) is 10.5. The molecule has 0 saturated carbocycles. The predicted octanol–water partition coefficient (Wildman–Crippen LogP) is 1.53. The van der Waals surface area contributed by atoms with Crippen LogP contribution in [0.25, 0.3) is 0 Å². The van der Waals surface area contributed by atoms with Crippen molar-refractivity contribution in [2.75, 3.05) is 43.3 Å². The van der Waals surface area contributed by atoms with E-state index in [9.17, 15) is 17.6 Å². The Balaban J connectivity index is 1.86. The van der Waals surface area contributed by atoms with E-state index in [-0.39, 0.29) is 23.4 Å².